The lowest BCUT2D eigenvalue weighted by Crippen LogP contribution is -2.58. The zero-order valence-electron chi connectivity index (χ0n) is 21.5. The minimum Gasteiger partial charge on any atom is -0.481 e. The first-order valence-corrected chi connectivity index (χ1v) is 12.7. The Morgan fingerprint density at radius 3 is 2.49 bits per heavy atom. The van der Waals surface area contributed by atoms with Gasteiger partial charge in [-0.1, -0.05) is 60.7 Å². The van der Waals surface area contributed by atoms with Crippen molar-refractivity contribution >= 4 is 23.6 Å². The van der Waals surface area contributed by atoms with E-state index in [1.54, 1.807) is 25.1 Å². The number of rotatable bonds is 9. The molecule has 3 N–H and O–H groups in total. The van der Waals surface area contributed by atoms with Gasteiger partial charge in [0.25, 0.3) is 0 Å². The normalized spacial score (nSPS) is 15.8. The number of aliphatic carboxylic acids is 1. The summed E-state index contributed by atoms with van der Waals surface area (Å²) in [6.45, 7) is 2.15. The van der Waals surface area contributed by atoms with E-state index in [1.165, 1.54) is 11.0 Å². The van der Waals surface area contributed by atoms with Crippen LogP contribution in [0.15, 0.2) is 78.9 Å². The van der Waals surface area contributed by atoms with Crippen LogP contribution in [-0.2, 0) is 33.9 Å². The van der Waals surface area contributed by atoms with Gasteiger partial charge in [-0.3, -0.25) is 9.59 Å². The molecule has 3 atom stereocenters. The molecule has 3 aromatic rings. The van der Waals surface area contributed by atoms with Gasteiger partial charge in [-0.2, -0.15) is 5.26 Å². The summed E-state index contributed by atoms with van der Waals surface area (Å²) in [4.78, 5) is 40.2. The number of benzene rings is 3. The van der Waals surface area contributed by atoms with Gasteiger partial charge >= 0.3 is 12.0 Å². The van der Waals surface area contributed by atoms with E-state index in [1.807, 2.05) is 60.7 Å². The molecule has 200 valence electrons. The first-order valence-electron chi connectivity index (χ1n) is 12.7. The fraction of sp³-hybridized carbons (Fsp3) is 0.267. The third-order valence-corrected chi connectivity index (χ3v) is 6.68. The molecule has 1 heterocycles. The summed E-state index contributed by atoms with van der Waals surface area (Å²) < 4.78 is 6.03. The number of hydrogen-bond donors (Lipinski definition) is 3. The van der Waals surface area contributed by atoms with Crippen molar-refractivity contribution in [3.8, 4) is 6.07 Å². The molecule has 9 heteroatoms. The lowest BCUT2D eigenvalue weighted by atomic mass is 9.91. The van der Waals surface area contributed by atoms with E-state index in [0.717, 1.165) is 16.7 Å². The molecule has 0 bridgehead atoms. The standard InChI is InChI=1S/C30H30N4O5/c1-20(39-19-21-8-3-2-4-9-21)28(33-30(38)32-25-13-7-10-22(14-25)17-31)29(37)34-18-24-12-6-5-11-23(24)15-26(34)16-27(35)36/h2-14,20,26,28H,15-16,18-19H2,1H3,(H,35,36)(H2,32,33,38)/t20-,26-,28+/m1/s1. The van der Waals surface area contributed by atoms with Gasteiger partial charge in [-0.05, 0) is 48.2 Å². The molecular weight excluding hydrogens is 496 g/mol. The van der Waals surface area contributed by atoms with Crippen molar-refractivity contribution < 1.29 is 24.2 Å². The van der Waals surface area contributed by atoms with E-state index < -0.39 is 36.1 Å². The molecule has 0 saturated heterocycles. The Hall–Kier alpha value is -4.68. The van der Waals surface area contributed by atoms with Crippen molar-refractivity contribution in [1.82, 2.24) is 10.2 Å². The molecule has 39 heavy (non-hydrogen) atoms. The fourth-order valence-corrected chi connectivity index (χ4v) is 4.66. The van der Waals surface area contributed by atoms with Crippen LogP contribution in [0.3, 0.4) is 0 Å². The van der Waals surface area contributed by atoms with Crippen molar-refractivity contribution in [1.29, 1.82) is 5.26 Å². The summed E-state index contributed by atoms with van der Waals surface area (Å²) in [6, 6.07) is 23.2. The molecule has 3 amide bonds. The first-order chi connectivity index (χ1) is 18.8. The average Bonchev–Trinajstić information content (AvgIpc) is 2.94. The maximum absolute atomic E-state index is 14.0. The second-order valence-corrected chi connectivity index (χ2v) is 9.46. The van der Waals surface area contributed by atoms with E-state index in [4.69, 9.17) is 10.00 Å². The zero-order chi connectivity index (χ0) is 27.8. The number of nitrogens with zero attached hydrogens (tertiary/aromatic N) is 2. The third-order valence-electron chi connectivity index (χ3n) is 6.68. The van der Waals surface area contributed by atoms with Crippen LogP contribution < -0.4 is 10.6 Å². The molecule has 0 radical (unpaired) electrons. The maximum atomic E-state index is 14.0. The molecule has 0 aromatic heterocycles. The van der Waals surface area contributed by atoms with Crippen LogP contribution in [-0.4, -0.2) is 46.1 Å². The van der Waals surface area contributed by atoms with Crippen molar-refractivity contribution in [3.63, 3.8) is 0 Å². The van der Waals surface area contributed by atoms with Gasteiger partial charge in [0, 0.05) is 18.3 Å². The molecule has 0 saturated carbocycles. The number of amides is 3. The zero-order valence-corrected chi connectivity index (χ0v) is 21.5. The minimum absolute atomic E-state index is 0.223. The van der Waals surface area contributed by atoms with Gasteiger partial charge in [0.15, 0.2) is 0 Å². The number of nitriles is 1. The van der Waals surface area contributed by atoms with Gasteiger partial charge in [-0.25, -0.2) is 4.79 Å². The first kappa shape index (κ1) is 27.4. The Morgan fingerprint density at radius 1 is 1.05 bits per heavy atom. The quantitative estimate of drug-likeness (QED) is 0.385. The number of hydrogen-bond acceptors (Lipinski definition) is 5. The fourth-order valence-electron chi connectivity index (χ4n) is 4.66. The van der Waals surface area contributed by atoms with E-state index in [0.29, 0.717) is 17.7 Å². The van der Waals surface area contributed by atoms with Gasteiger partial charge < -0.3 is 25.4 Å². The smallest absolute Gasteiger partial charge is 0.319 e. The molecule has 0 unspecified atom stereocenters. The second-order valence-electron chi connectivity index (χ2n) is 9.46. The van der Waals surface area contributed by atoms with E-state index in [9.17, 15) is 19.5 Å². The van der Waals surface area contributed by atoms with Crippen molar-refractivity contribution in [3.05, 3.63) is 101 Å². The Bertz CT molecular complexity index is 1370. The largest absolute Gasteiger partial charge is 0.481 e. The van der Waals surface area contributed by atoms with Crippen LogP contribution in [0.1, 0.15) is 35.6 Å². The highest BCUT2D eigenvalue weighted by atomic mass is 16.5. The molecular formula is C30H30N4O5. The molecule has 4 rings (SSSR count). The number of ether oxygens (including phenoxy) is 1. The second kappa shape index (κ2) is 12.7. The molecule has 0 spiro atoms. The summed E-state index contributed by atoms with van der Waals surface area (Å²) in [5.74, 6) is -1.44. The highest BCUT2D eigenvalue weighted by Gasteiger charge is 2.38. The monoisotopic (exact) mass is 526 g/mol. The Kier molecular flexibility index (Phi) is 8.92. The number of urea groups is 1. The molecule has 9 nitrogen and oxygen atoms in total. The Morgan fingerprint density at radius 2 is 1.77 bits per heavy atom. The molecule has 1 aliphatic heterocycles. The van der Waals surface area contributed by atoms with Crippen LogP contribution in [0.4, 0.5) is 10.5 Å². The van der Waals surface area contributed by atoms with Crippen molar-refractivity contribution in [2.24, 2.45) is 0 Å². The van der Waals surface area contributed by atoms with Crippen molar-refractivity contribution in [2.75, 3.05) is 5.32 Å². The lowest BCUT2D eigenvalue weighted by Gasteiger charge is -2.39. The van der Waals surface area contributed by atoms with Crippen LogP contribution in [0.5, 0.6) is 0 Å². The summed E-state index contributed by atoms with van der Waals surface area (Å²) in [5, 5.41) is 24.1. The summed E-state index contributed by atoms with van der Waals surface area (Å²) in [6.07, 6.45) is -0.566. The Balaban J connectivity index is 1.57. The summed E-state index contributed by atoms with van der Waals surface area (Å²) in [7, 11) is 0. The highest BCUT2D eigenvalue weighted by Crippen LogP contribution is 2.26. The number of carbonyl (C=O) groups is 3. The summed E-state index contributed by atoms with van der Waals surface area (Å²) in [5.41, 5.74) is 3.61. The topological polar surface area (TPSA) is 132 Å². The van der Waals surface area contributed by atoms with Crippen LogP contribution in [0, 0.1) is 11.3 Å². The number of carboxylic acids is 1. The molecule has 3 aromatic carbocycles. The summed E-state index contributed by atoms with van der Waals surface area (Å²) >= 11 is 0. The van der Waals surface area contributed by atoms with Crippen LogP contribution >= 0.6 is 0 Å². The number of carboxylic acid groups (broad SMARTS) is 1. The average molecular weight is 527 g/mol. The maximum Gasteiger partial charge on any atom is 0.319 e. The lowest BCUT2D eigenvalue weighted by molar-refractivity contribution is -0.144. The molecule has 1 aliphatic rings. The van der Waals surface area contributed by atoms with Gasteiger partial charge in [-0.15, -0.1) is 0 Å². The number of fused-ring (bicyclic) bond motifs is 1. The van der Waals surface area contributed by atoms with E-state index >= 15 is 0 Å². The van der Waals surface area contributed by atoms with Crippen LogP contribution in [0.25, 0.3) is 0 Å². The van der Waals surface area contributed by atoms with E-state index in [2.05, 4.69) is 10.6 Å². The molecule has 0 aliphatic carbocycles. The molecule has 0 fully saturated rings. The highest BCUT2D eigenvalue weighted by molar-refractivity contribution is 5.94. The number of nitrogens with one attached hydrogen (secondary N) is 2. The predicted molar refractivity (Wildman–Crippen MR) is 145 cm³/mol. The number of carbonyl (C=O) groups excluding carboxylic acids is 2. The van der Waals surface area contributed by atoms with Gasteiger partial charge in [0.05, 0.1) is 30.8 Å². The van der Waals surface area contributed by atoms with Crippen molar-refractivity contribution in [2.45, 2.75) is 51.1 Å². The predicted octanol–water partition coefficient (Wildman–Crippen LogP) is 4.08. The van der Waals surface area contributed by atoms with Gasteiger partial charge in [0.2, 0.25) is 5.91 Å². The van der Waals surface area contributed by atoms with E-state index in [-0.39, 0.29) is 19.6 Å². The van der Waals surface area contributed by atoms with Gasteiger partial charge in [0.1, 0.15) is 6.04 Å². The SMILES string of the molecule is C[C@@H](OCc1ccccc1)[C@H](NC(=O)Nc1cccc(C#N)c1)C(=O)N1Cc2ccccc2C[C@@H]1CC(=O)O. The third kappa shape index (κ3) is 7.21. The van der Waals surface area contributed by atoms with Crippen LogP contribution in [0.2, 0.25) is 0 Å². The number of anilines is 1. The minimum atomic E-state index is -1.10. The Labute approximate surface area is 227 Å².